The third-order valence-corrected chi connectivity index (χ3v) is 5.54. The first-order valence-corrected chi connectivity index (χ1v) is 9.31. The van der Waals surface area contributed by atoms with Crippen molar-refractivity contribution < 1.29 is 9.18 Å². The highest BCUT2D eigenvalue weighted by Crippen LogP contribution is 2.49. The Kier molecular flexibility index (Phi) is 4.45. The quantitative estimate of drug-likeness (QED) is 0.826. The number of amides is 1. The third kappa shape index (κ3) is 3.34. The summed E-state index contributed by atoms with van der Waals surface area (Å²) in [7, 11) is 3.87. The average molecular weight is 369 g/mol. The van der Waals surface area contributed by atoms with Gasteiger partial charge in [0.2, 0.25) is 5.91 Å². The van der Waals surface area contributed by atoms with Crippen LogP contribution in [0.25, 0.3) is 0 Å². The summed E-state index contributed by atoms with van der Waals surface area (Å²) in [6.45, 7) is 2.81. The van der Waals surface area contributed by atoms with Crippen molar-refractivity contribution in [1.29, 1.82) is 0 Å². The molecule has 0 unspecified atom stereocenters. The van der Waals surface area contributed by atoms with Gasteiger partial charge in [-0.2, -0.15) is 0 Å². The van der Waals surface area contributed by atoms with Crippen molar-refractivity contribution in [3.8, 4) is 0 Å². The number of nitrogens with zero attached hydrogens (tertiary/aromatic N) is 5. The van der Waals surface area contributed by atoms with E-state index in [2.05, 4.69) is 15.1 Å². The molecule has 0 atom stereocenters. The molecule has 7 heteroatoms. The molecule has 0 bridgehead atoms. The lowest BCUT2D eigenvalue weighted by molar-refractivity contribution is -0.134. The van der Waals surface area contributed by atoms with E-state index in [-0.39, 0.29) is 11.7 Å². The summed E-state index contributed by atoms with van der Waals surface area (Å²) >= 11 is 0. The number of benzene rings is 1. The average Bonchev–Trinajstić information content (AvgIpc) is 3.50. The van der Waals surface area contributed by atoms with Gasteiger partial charge in [0.05, 0.1) is 5.41 Å². The lowest BCUT2D eigenvalue weighted by atomic mass is 9.94. The van der Waals surface area contributed by atoms with Gasteiger partial charge in [-0.3, -0.25) is 4.79 Å². The van der Waals surface area contributed by atoms with Gasteiger partial charge in [-0.1, -0.05) is 12.1 Å². The van der Waals surface area contributed by atoms with Gasteiger partial charge in [0, 0.05) is 40.3 Å². The second-order valence-electron chi connectivity index (χ2n) is 7.51. The highest BCUT2D eigenvalue weighted by Gasteiger charge is 2.53. The van der Waals surface area contributed by atoms with Crippen LogP contribution in [0.1, 0.15) is 18.4 Å². The zero-order chi connectivity index (χ0) is 19.0. The minimum Gasteiger partial charge on any atom is -0.361 e. The summed E-state index contributed by atoms with van der Waals surface area (Å²) < 4.78 is 13.2. The lowest BCUT2D eigenvalue weighted by Gasteiger charge is -2.37. The van der Waals surface area contributed by atoms with E-state index >= 15 is 0 Å². The Morgan fingerprint density at radius 1 is 1.00 bits per heavy atom. The Morgan fingerprint density at radius 3 is 2.19 bits per heavy atom. The highest BCUT2D eigenvalue weighted by atomic mass is 19.1. The normalized spacial score (nSPS) is 18.3. The number of halogens is 1. The molecule has 2 aliphatic rings. The zero-order valence-electron chi connectivity index (χ0n) is 15.7. The van der Waals surface area contributed by atoms with Crippen molar-refractivity contribution in [2.75, 3.05) is 50.1 Å². The first-order valence-electron chi connectivity index (χ1n) is 9.31. The molecule has 1 amide bonds. The molecular weight excluding hydrogens is 345 g/mol. The Morgan fingerprint density at radius 2 is 1.67 bits per heavy atom. The maximum absolute atomic E-state index is 13.2. The molecule has 0 radical (unpaired) electrons. The fourth-order valence-electron chi connectivity index (χ4n) is 3.69. The topological polar surface area (TPSA) is 52.6 Å². The SMILES string of the molecule is CN(C)c1ccc(N2CCN(C(=O)C3(c4ccc(F)cc4)CC3)CC2)nn1. The van der Waals surface area contributed by atoms with Gasteiger partial charge in [0.25, 0.3) is 0 Å². The molecule has 1 aliphatic heterocycles. The van der Waals surface area contributed by atoms with Crippen LogP contribution in [-0.2, 0) is 10.2 Å². The molecule has 27 heavy (non-hydrogen) atoms. The second-order valence-corrected chi connectivity index (χ2v) is 7.51. The van der Waals surface area contributed by atoms with Gasteiger partial charge in [-0.25, -0.2) is 4.39 Å². The van der Waals surface area contributed by atoms with E-state index in [1.165, 1.54) is 12.1 Å². The minimum atomic E-state index is -0.441. The maximum Gasteiger partial charge on any atom is 0.233 e. The fourth-order valence-corrected chi connectivity index (χ4v) is 3.69. The molecule has 4 rings (SSSR count). The second kappa shape index (κ2) is 6.79. The number of hydrogen-bond donors (Lipinski definition) is 0. The first-order chi connectivity index (χ1) is 13.0. The van der Waals surface area contributed by atoms with Crippen LogP contribution >= 0.6 is 0 Å². The molecule has 6 nitrogen and oxygen atoms in total. The standard InChI is InChI=1S/C20H24FN5O/c1-24(2)17-7-8-18(23-22-17)25-11-13-26(14-12-25)19(27)20(9-10-20)15-3-5-16(21)6-4-15/h3-8H,9-14H2,1-2H3. The molecule has 2 aromatic rings. The number of anilines is 2. The predicted molar refractivity (Wildman–Crippen MR) is 102 cm³/mol. The Balaban J connectivity index is 1.40. The van der Waals surface area contributed by atoms with E-state index in [9.17, 15) is 9.18 Å². The molecule has 1 saturated heterocycles. The van der Waals surface area contributed by atoms with E-state index in [4.69, 9.17) is 0 Å². The van der Waals surface area contributed by atoms with Gasteiger partial charge >= 0.3 is 0 Å². The number of carbonyl (C=O) groups is 1. The van der Waals surface area contributed by atoms with Crippen LogP contribution in [0.5, 0.6) is 0 Å². The minimum absolute atomic E-state index is 0.169. The van der Waals surface area contributed by atoms with Crippen LogP contribution in [0.2, 0.25) is 0 Å². The molecule has 1 saturated carbocycles. The number of rotatable bonds is 4. The predicted octanol–water partition coefficient (Wildman–Crippen LogP) is 2.06. The van der Waals surface area contributed by atoms with Crippen molar-refractivity contribution in [3.05, 3.63) is 47.8 Å². The van der Waals surface area contributed by atoms with E-state index in [1.807, 2.05) is 36.0 Å². The van der Waals surface area contributed by atoms with Crippen molar-refractivity contribution in [2.45, 2.75) is 18.3 Å². The third-order valence-electron chi connectivity index (χ3n) is 5.54. The molecule has 2 fully saturated rings. The van der Waals surface area contributed by atoms with Crippen molar-refractivity contribution in [2.24, 2.45) is 0 Å². The largest absolute Gasteiger partial charge is 0.361 e. The number of piperazine rings is 1. The number of aromatic nitrogens is 2. The van der Waals surface area contributed by atoms with E-state index < -0.39 is 5.41 Å². The summed E-state index contributed by atoms with van der Waals surface area (Å²) in [4.78, 5) is 19.1. The van der Waals surface area contributed by atoms with Gasteiger partial charge in [-0.05, 0) is 42.7 Å². The Bertz CT molecular complexity index is 809. The number of carbonyl (C=O) groups excluding carboxylic acids is 1. The smallest absolute Gasteiger partial charge is 0.233 e. The van der Waals surface area contributed by atoms with Crippen LogP contribution in [-0.4, -0.2) is 61.3 Å². The molecule has 0 spiro atoms. The Labute approximate surface area is 158 Å². The monoisotopic (exact) mass is 369 g/mol. The van der Waals surface area contributed by atoms with Gasteiger partial charge in [0.1, 0.15) is 5.82 Å². The molecule has 2 heterocycles. The first kappa shape index (κ1) is 17.7. The molecule has 142 valence electrons. The summed E-state index contributed by atoms with van der Waals surface area (Å²) in [5.74, 6) is 1.56. The summed E-state index contributed by atoms with van der Waals surface area (Å²) in [6.07, 6.45) is 1.68. The van der Waals surface area contributed by atoms with Gasteiger partial charge < -0.3 is 14.7 Å². The van der Waals surface area contributed by atoms with Crippen molar-refractivity contribution in [3.63, 3.8) is 0 Å². The number of hydrogen-bond acceptors (Lipinski definition) is 5. The molecular formula is C20H24FN5O. The highest BCUT2D eigenvalue weighted by molar-refractivity contribution is 5.91. The van der Waals surface area contributed by atoms with E-state index in [0.717, 1.165) is 43.1 Å². The fraction of sp³-hybridized carbons (Fsp3) is 0.450. The molecule has 1 aromatic carbocycles. The molecule has 1 aliphatic carbocycles. The van der Waals surface area contributed by atoms with Crippen LogP contribution in [0, 0.1) is 5.82 Å². The lowest BCUT2D eigenvalue weighted by Crippen LogP contribution is -2.51. The Hall–Kier alpha value is -2.70. The summed E-state index contributed by atoms with van der Waals surface area (Å²) in [5, 5.41) is 8.53. The summed E-state index contributed by atoms with van der Waals surface area (Å²) in [6, 6.07) is 10.3. The van der Waals surface area contributed by atoms with Crippen molar-refractivity contribution >= 4 is 17.5 Å². The van der Waals surface area contributed by atoms with E-state index in [0.29, 0.717) is 13.1 Å². The maximum atomic E-state index is 13.2. The molecule has 1 aromatic heterocycles. The van der Waals surface area contributed by atoms with Crippen LogP contribution in [0.15, 0.2) is 36.4 Å². The van der Waals surface area contributed by atoms with Gasteiger partial charge in [0.15, 0.2) is 11.6 Å². The molecule has 0 N–H and O–H groups in total. The van der Waals surface area contributed by atoms with Crippen LogP contribution in [0.4, 0.5) is 16.0 Å². The van der Waals surface area contributed by atoms with E-state index in [1.54, 1.807) is 12.1 Å². The van der Waals surface area contributed by atoms with Crippen LogP contribution in [0.3, 0.4) is 0 Å². The van der Waals surface area contributed by atoms with Crippen LogP contribution < -0.4 is 9.80 Å². The van der Waals surface area contributed by atoms with Gasteiger partial charge in [-0.15, -0.1) is 10.2 Å². The zero-order valence-corrected chi connectivity index (χ0v) is 15.7. The van der Waals surface area contributed by atoms with Crippen molar-refractivity contribution in [1.82, 2.24) is 15.1 Å². The summed E-state index contributed by atoms with van der Waals surface area (Å²) in [5.41, 5.74) is 0.490.